The molecule has 6 nitrogen and oxygen atoms in total. The van der Waals surface area contributed by atoms with E-state index in [-0.39, 0.29) is 0 Å². The number of aromatic nitrogens is 4. The maximum Gasteiger partial charge on any atom is 0.190 e. The van der Waals surface area contributed by atoms with Crippen LogP contribution in [0.5, 0.6) is 0 Å². The molecule has 84 valence electrons. The van der Waals surface area contributed by atoms with Crippen molar-refractivity contribution < 1.29 is 0 Å². The summed E-state index contributed by atoms with van der Waals surface area (Å²) in [5.74, 6) is 5.92. The van der Waals surface area contributed by atoms with Crippen LogP contribution in [-0.2, 0) is 0 Å². The fourth-order valence-corrected chi connectivity index (χ4v) is 2.75. The molecular formula is C7H8N6S3. The summed E-state index contributed by atoms with van der Waals surface area (Å²) in [4.78, 5) is 12.6. The monoisotopic (exact) mass is 272 g/mol. The first-order chi connectivity index (χ1) is 7.81. The van der Waals surface area contributed by atoms with Gasteiger partial charge in [0.05, 0.1) is 0 Å². The van der Waals surface area contributed by atoms with Crippen molar-refractivity contribution in [3.05, 3.63) is 12.4 Å². The summed E-state index contributed by atoms with van der Waals surface area (Å²) in [6.07, 6.45) is 3.43. The number of anilines is 1. The molecule has 2 aromatic rings. The number of hydrogen-bond donors (Lipinski definition) is 2. The summed E-state index contributed by atoms with van der Waals surface area (Å²) >= 11 is 4.23. The summed E-state index contributed by atoms with van der Waals surface area (Å²) in [6, 6.07) is 1.77. The van der Waals surface area contributed by atoms with Crippen molar-refractivity contribution in [1.29, 1.82) is 0 Å². The van der Waals surface area contributed by atoms with E-state index in [2.05, 4.69) is 24.8 Å². The molecule has 0 atom stereocenters. The Hall–Kier alpha value is -0.900. The van der Waals surface area contributed by atoms with E-state index in [0.717, 1.165) is 9.37 Å². The predicted octanol–water partition coefficient (Wildman–Crippen LogP) is 1.49. The lowest BCUT2D eigenvalue weighted by atomic mass is 10.6. The van der Waals surface area contributed by atoms with E-state index in [9.17, 15) is 0 Å². The second-order valence-corrected chi connectivity index (χ2v) is 5.35. The number of hydrazine groups is 1. The SMILES string of the molecule is CSc1nc(NN)cc(Sc2ncns2)n1. The molecule has 0 spiro atoms. The number of hydrogen-bond acceptors (Lipinski definition) is 9. The van der Waals surface area contributed by atoms with Gasteiger partial charge in [-0.2, -0.15) is 4.37 Å². The highest BCUT2D eigenvalue weighted by atomic mass is 32.2. The van der Waals surface area contributed by atoms with E-state index >= 15 is 0 Å². The molecule has 0 fully saturated rings. The molecule has 2 aromatic heterocycles. The van der Waals surface area contributed by atoms with Crippen LogP contribution < -0.4 is 11.3 Å². The standard InChI is InChI=1S/C7H8N6S3/c1-14-6-11-4(13-8)2-5(12-6)15-7-9-3-10-16-7/h2-3H,8H2,1H3,(H,11,12,13). The number of nitrogens with two attached hydrogens (primary N) is 1. The number of nitrogen functional groups attached to an aromatic ring is 1. The number of nitrogens with zero attached hydrogens (tertiary/aromatic N) is 4. The Labute approximate surface area is 105 Å². The first kappa shape index (κ1) is 11.6. The summed E-state index contributed by atoms with van der Waals surface area (Å²) in [5, 5.41) is 1.46. The molecule has 0 saturated heterocycles. The lowest BCUT2D eigenvalue weighted by molar-refractivity contribution is 0.893. The third-order valence-electron chi connectivity index (χ3n) is 1.55. The van der Waals surface area contributed by atoms with Crippen molar-refractivity contribution in [2.75, 3.05) is 11.7 Å². The summed E-state index contributed by atoms with van der Waals surface area (Å²) in [6.45, 7) is 0. The molecule has 16 heavy (non-hydrogen) atoms. The lowest BCUT2D eigenvalue weighted by Gasteiger charge is -2.03. The van der Waals surface area contributed by atoms with Crippen LogP contribution in [0.25, 0.3) is 0 Å². The highest BCUT2D eigenvalue weighted by molar-refractivity contribution is 8.01. The van der Waals surface area contributed by atoms with Gasteiger partial charge in [0.25, 0.3) is 0 Å². The molecule has 9 heteroatoms. The van der Waals surface area contributed by atoms with Crippen LogP contribution in [0.2, 0.25) is 0 Å². The topological polar surface area (TPSA) is 89.6 Å². The molecule has 0 aliphatic heterocycles. The van der Waals surface area contributed by atoms with E-state index in [1.807, 2.05) is 6.26 Å². The van der Waals surface area contributed by atoms with Crippen LogP contribution in [0.1, 0.15) is 0 Å². The van der Waals surface area contributed by atoms with Crippen molar-refractivity contribution >= 4 is 40.9 Å². The maximum absolute atomic E-state index is 5.33. The molecule has 3 N–H and O–H groups in total. The van der Waals surface area contributed by atoms with Gasteiger partial charge in [-0.25, -0.2) is 20.8 Å². The van der Waals surface area contributed by atoms with Crippen molar-refractivity contribution in [3.8, 4) is 0 Å². The van der Waals surface area contributed by atoms with Gasteiger partial charge in [-0.1, -0.05) is 11.8 Å². The number of nitrogens with one attached hydrogen (secondary N) is 1. The van der Waals surface area contributed by atoms with Gasteiger partial charge in [0.15, 0.2) is 9.50 Å². The number of rotatable bonds is 4. The minimum atomic E-state index is 0.589. The predicted molar refractivity (Wildman–Crippen MR) is 65.7 cm³/mol. The molecule has 0 amide bonds. The fraction of sp³-hybridized carbons (Fsp3) is 0.143. The van der Waals surface area contributed by atoms with Crippen molar-refractivity contribution in [2.45, 2.75) is 14.5 Å². The number of thioether (sulfide) groups is 1. The molecule has 0 radical (unpaired) electrons. The summed E-state index contributed by atoms with van der Waals surface area (Å²) in [7, 11) is 0. The molecule has 0 aliphatic carbocycles. The van der Waals surface area contributed by atoms with E-state index in [1.165, 1.54) is 41.4 Å². The Balaban J connectivity index is 2.26. The van der Waals surface area contributed by atoms with Crippen LogP contribution in [0, 0.1) is 0 Å². The van der Waals surface area contributed by atoms with Gasteiger partial charge in [-0.3, -0.25) is 0 Å². The zero-order valence-electron chi connectivity index (χ0n) is 8.25. The van der Waals surface area contributed by atoms with Gasteiger partial charge in [-0.15, -0.1) is 0 Å². The molecule has 2 heterocycles. The lowest BCUT2D eigenvalue weighted by Crippen LogP contribution is -2.09. The Kier molecular flexibility index (Phi) is 3.93. The molecular weight excluding hydrogens is 264 g/mol. The van der Waals surface area contributed by atoms with Gasteiger partial charge in [0, 0.05) is 6.07 Å². The van der Waals surface area contributed by atoms with Crippen LogP contribution in [-0.4, -0.2) is 25.6 Å². The molecule has 0 aromatic carbocycles. The molecule has 0 aliphatic rings. The summed E-state index contributed by atoms with van der Waals surface area (Å²) < 4.78 is 4.77. The highest BCUT2D eigenvalue weighted by Crippen LogP contribution is 2.28. The first-order valence-corrected chi connectivity index (χ1v) is 6.97. The molecule has 0 unspecified atom stereocenters. The van der Waals surface area contributed by atoms with Crippen LogP contribution in [0.4, 0.5) is 5.82 Å². The molecule has 2 rings (SSSR count). The molecule has 0 bridgehead atoms. The Bertz CT molecular complexity index is 437. The van der Waals surface area contributed by atoms with Crippen LogP contribution in [0.3, 0.4) is 0 Å². The minimum absolute atomic E-state index is 0.589. The van der Waals surface area contributed by atoms with E-state index < -0.39 is 0 Å². The van der Waals surface area contributed by atoms with Crippen molar-refractivity contribution in [3.63, 3.8) is 0 Å². The minimum Gasteiger partial charge on any atom is -0.308 e. The average molecular weight is 272 g/mol. The van der Waals surface area contributed by atoms with Crippen LogP contribution >= 0.6 is 35.1 Å². The Morgan fingerprint density at radius 3 is 2.94 bits per heavy atom. The van der Waals surface area contributed by atoms with Crippen LogP contribution in [0.15, 0.2) is 26.9 Å². The Morgan fingerprint density at radius 1 is 1.44 bits per heavy atom. The van der Waals surface area contributed by atoms with Gasteiger partial charge < -0.3 is 5.43 Å². The largest absolute Gasteiger partial charge is 0.308 e. The van der Waals surface area contributed by atoms with Gasteiger partial charge >= 0.3 is 0 Å². The van der Waals surface area contributed by atoms with E-state index in [1.54, 1.807) is 6.07 Å². The first-order valence-electron chi connectivity index (χ1n) is 4.16. The third kappa shape index (κ3) is 2.82. The second-order valence-electron chi connectivity index (χ2n) is 2.53. The van der Waals surface area contributed by atoms with E-state index in [0.29, 0.717) is 11.0 Å². The Morgan fingerprint density at radius 2 is 2.31 bits per heavy atom. The average Bonchev–Trinajstić information content (AvgIpc) is 2.81. The second kappa shape index (κ2) is 5.43. The normalized spacial score (nSPS) is 10.4. The fourth-order valence-electron chi connectivity index (χ4n) is 0.919. The highest BCUT2D eigenvalue weighted by Gasteiger charge is 2.06. The smallest absolute Gasteiger partial charge is 0.190 e. The van der Waals surface area contributed by atoms with Crippen molar-refractivity contribution in [1.82, 2.24) is 19.3 Å². The van der Waals surface area contributed by atoms with E-state index in [4.69, 9.17) is 5.84 Å². The van der Waals surface area contributed by atoms with Gasteiger partial charge in [-0.05, 0) is 29.6 Å². The zero-order valence-corrected chi connectivity index (χ0v) is 10.7. The zero-order chi connectivity index (χ0) is 11.4. The van der Waals surface area contributed by atoms with Gasteiger partial charge in [0.2, 0.25) is 0 Å². The maximum atomic E-state index is 5.33. The third-order valence-corrected chi connectivity index (χ3v) is 3.73. The van der Waals surface area contributed by atoms with Gasteiger partial charge in [0.1, 0.15) is 17.2 Å². The van der Waals surface area contributed by atoms with Crippen molar-refractivity contribution in [2.24, 2.45) is 5.84 Å². The molecule has 0 saturated carbocycles. The quantitative estimate of drug-likeness (QED) is 0.284. The summed E-state index contributed by atoms with van der Waals surface area (Å²) in [5.41, 5.74) is 2.51.